The van der Waals surface area contributed by atoms with E-state index in [-0.39, 0.29) is 0 Å². The van der Waals surface area contributed by atoms with Crippen LogP contribution >= 0.6 is 0 Å². The molecular weight excluding hydrogens is 216 g/mol. The van der Waals surface area contributed by atoms with Crippen molar-refractivity contribution >= 4 is 17.0 Å². The third-order valence-electron chi connectivity index (χ3n) is 2.44. The molecular formula is C11H10N6. The van der Waals surface area contributed by atoms with Crippen molar-refractivity contribution in [2.75, 3.05) is 12.4 Å². The van der Waals surface area contributed by atoms with Crippen LogP contribution in [0.3, 0.4) is 0 Å². The first-order valence-corrected chi connectivity index (χ1v) is 5.17. The summed E-state index contributed by atoms with van der Waals surface area (Å²) in [5.74, 6) is 1.52. The second kappa shape index (κ2) is 3.82. The quantitative estimate of drug-likeness (QED) is 0.691. The van der Waals surface area contributed by atoms with E-state index in [9.17, 15) is 0 Å². The van der Waals surface area contributed by atoms with Gasteiger partial charge in [-0.15, -0.1) is 0 Å². The Hall–Kier alpha value is -2.50. The predicted octanol–water partition coefficient (Wildman–Crippen LogP) is 1.46. The average molecular weight is 226 g/mol. The molecule has 17 heavy (non-hydrogen) atoms. The van der Waals surface area contributed by atoms with Gasteiger partial charge >= 0.3 is 0 Å². The number of fused-ring (bicyclic) bond motifs is 1. The highest BCUT2D eigenvalue weighted by Gasteiger charge is 2.06. The molecule has 0 saturated carbocycles. The van der Waals surface area contributed by atoms with Gasteiger partial charge < -0.3 is 10.3 Å². The molecule has 0 aliphatic heterocycles. The van der Waals surface area contributed by atoms with Gasteiger partial charge in [0.2, 0.25) is 0 Å². The van der Waals surface area contributed by atoms with Crippen molar-refractivity contribution in [1.29, 1.82) is 0 Å². The predicted molar refractivity (Wildman–Crippen MR) is 64.5 cm³/mol. The van der Waals surface area contributed by atoms with Crippen molar-refractivity contribution in [2.45, 2.75) is 0 Å². The smallest absolute Gasteiger partial charge is 0.180 e. The highest BCUT2D eigenvalue weighted by atomic mass is 15.0. The lowest BCUT2D eigenvalue weighted by Crippen LogP contribution is -1.91. The van der Waals surface area contributed by atoms with Crippen LogP contribution in [-0.4, -0.2) is 32.0 Å². The van der Waals surface area contributed by atoms with E-state index >= 15 is 0 Å². The highest BCUT2D eigenvalue weighted by molar-refractivity contribution is 5.77. The van der Waals surface area contributed by atoms with Crippen LogP contribution in [0, 0.1) is 0 Å². The van der Waals surface area contributed by atoms with Gasteiger partial charge in [-0.1, -0.05) is 0 Å². The molecule has 0 saturated heterocycles. The summed E-state index contributed by atoms with van der Waals surface area (Å²) in [5, 5.41) is 2.98. The monoisotopic (exact) mass is 226 g/mol. The van der Waals surface area contributed by atoms with E-state index in [1.807, 2.05) is 19.2 Å². The van der Waals surface area contributed by atoms with Crippen molar-refractivity contribution in [2.24, 2.45) is 0 Å². The first kappa shape index (κ1) is 9.71. The fraction of sp³-hybridized carbons (Fsp3) is 0.0909. The van der Waals surface area contributed by atoms with E-state index < -0.39 is 0 Å². The molecule has 0 aliphatic rings. The van der Waals surface area contributed by atoms with Crippen LogP contribution in [0.2, 0.25) is 0 Å². The van der Waals surface area contributed by atoms with Gasteiger partial charge in [0.1, 0.15) is 18.0 Å². The SMILES string of the molecule is CNc1ccc2[nH]c(-c3cncnc3)nc2n1. The van der Waals surface area contributed by atoms with Crippen LogP contribution in [0.5, 0.6) is 0 Å². The van der Waals surface area contributed by atoms with Crippen LogP contribution in [0.15, 0.2) is 30.9 Å². The number of hydrogen-bond donors (Lipinski definition) is 2. The minimum absolute atomic E-state index is 0.677. The highest BCUT2D eigenvalue weighted by Crippen LogP contribution is 2.18. The minimum Gasteiger partial charge on any atom is -0.373 e. The third-order valence-corrected chi connectivity index (χ3v) is 2.44. The molecule has 0 radical (unpaired) electrons. The maximum atomic E-state index is 4.40. The summed E-state index contributed by atoms with van der Waals surface area (Å²) in [6.07, 6.45) is 4.91. The van der Waals surface area contributed by atoms with Crippen molar-refractivity contribution in [1.82, 2.24) is 24.9 Å². The van der Waals surface area contributed by atoms with Crippen molar-refractivity contribution in [3.63, 3.8) is 0 Å². The second-order valence-corrected chi connectivity index (χ2v) is 3.53. The average Bonchev–Trinajstić information content (AvgIpc) is 2.82. The zero-order valence-electron chi connectivity index (χ0n) is 9.18. The van der Waals surface area contributed by atoms with Crippen molar-refractivity contribution in [3.05, 3.63) is 30.9 Å². The number of imidazole rings is 1. The van der Waals surface area contributed by atoms with E-state index in [1.54, 1.807) is 12.4 Å². The molecule has 0 spiro atoms. The van der Waals surface area contributed by atoms with Crippen LogP contribution in [-0.2, 0) is 0 Å². The molecule has 0 bridgehead atoms. The standard InChI is InChI=1S/C11H10N6/c1-12-9-3-2-8-11(16-9)17-10(15-8)7-4-13-6-14-5-7/h2-6H,1H3,(H2,12,15,16,17). The molecule has 0 aliphatic carbocycles. The molecule has 0 aromatic carbocycles. The normalized spacial score (nSPS) is 10.6. The third kappa shape index (κ3) is 1.69. The number of H-pyrrole nitrogens is 1. The minimum atomic E-state index is 0.677. The van der Waals surface area contributed by atoms with E-state index in [0.29, 0.717) is 5.65 Å². The van der Waals surface area contributed by atoms with Crippen molar-refractivity contribution in [3.8, 4) is 11.4 Å². The zero-order chi connectivity index (χ0) is 11.7. The zero-order valence-corrected chi connectivity index (χ0v) is 9.18. The van der Waals surface area contributed by atoms with Gasteiger partial charge in [0.15, 0.2) is 5.65 Å². The Balaban J connectivity index is 2.14. The van der Waals surface area contributed by atoms with Gasteiger partial charge in [-0.25, -0.2) is 19.9 Å². The second-order valence-electron chi connectivity index (χ2n) is 3.53. The summed E-state index contributed by atoms with van der Waals surface area (Å²) >= 11 is 0. The van der Waals surface area contributed by atoms with Crippen LogP contribution in [0.4, 0.5) is 5.82 Å². The molecule has 0 atom stereocenters. The Morgan fingerprint density at radius 3 is 2.71 bits per heavy atom. The first-order chi connectivity index (χ1) is 8.36. The molecule has 0 unspecified atom stereocenters. The summed E-state index contributed by atoms with van der Waals surface area (Å²) < 4.78 is 0. The van der Waals surface area contributed by atoms with Gasteiger partial charge in [-0.05, 0) is 12.1 Å². The maximum Gasteiger partial charge on any atom is 0.180 e. The first-order valence-electron chi connectivity index (χ1n) is 5.17. The summed E-state index contributed by atoms with van der Waals surface area (Å²) in [5.41, 5.74) is 2.41. The number of hydrogen-bond acceptors (Lipinski definition) is 5. The van der Waals surface area contributed by atoms with Crippen LogP contribution in [0.25, 0.3) is 22.6 Å². The Morgan fingerprint density at radius 2 is 1.94 bits per heavy atom. The number of aromatic nitrogens is 5. The number of nitrogens with one attached hydrogen (secondary N) is 2. The lowest BCUT2D eigenvalue weighted by Gasteiger charge is -1.95. The van der Waals surface area contributed by atoms with Crippen LogP contribution in [0.1, 0.15) is 0 Å². The maximum absolute atomic E-state index is 4.40. The number of aromatic amines is 1. The molecule has 3 rings (SSSR count). The Labute approximate surface area is 97.2 Å². The van der Waals surface area contributed by atoms with E-state index in [1.165, 1.54) is 6.33 Å². The van der Waals surface area contributed by atoms with E-state index in [2.05, 4.69) is 30.2 Å². The van der Waals surface area contributed by atoms with E-state index in [0.717, 1.165) is 22.7 Å². The van der Waals surface area contributed by atoms with Gasteiger partial charge in [0.25, 0.3) is 0 Å². The van der Waals surface area contributed by atoms with Gasteiger partial charge in [-0.2, -0.15) is 0 Å². The Morgan fingerprint density at radius 1 is 1.12 bits per heavy atom. The molecule has 6 nitrogen and oxygen atoms in total. The number of anilines is 1. The molecule has 3 heterocycles. The van der Waals surface area contributed by atoms with Gasteiger partial charge in [0.05, 0.1) is 11.1 Å². The Kier molecular flexibility index (Phi) is 2.18. The molecule has 2 N–H and O–H groups in total. The van der Waals surface area contributed by atoms with Crippen LogP contribution < -0.4 is 5.32 Å². The molecule has 3 aromatic rings. The summed E-state index contributed by atoms with van der Waals surface area (Å²) in [6, 6.07) is 3.83. The number of rotatable bonds is 2. The number of nitrogens with zero attached hydrogens (tertiary/aromatic N) is 4. The lowest BCUT2D eigenvalue weighted by molar-refractivity contribution is 1.15. The van der Waals surface area contributed by atoms with Gasteiger partial charge in [0, 0.05) is 19.4 Å². The summed E-state index contributed by atoms with van der Waals surface area (Å²) in [7, 11) is 1.83. The molecule has 3 aromatic heterocycles. The topological polar surface area (TPSA) is 79.4 Å². The summed E-state index contributed by atoms with van der Waals surface area (Å²) in [4.78, 5) is 19.9. The molecule has 6 heteroatoms. The van der Waals surface area contributed by atoms with Gasteiger partial charge in [-0.3, -0.25) is 0 Å². The van der Waals surface area contributed by atoms with Crippen molar-refractivity contribution < 1.29 is 0 Å². The largest absolute Gasteiger partial charge is 0.373 e. The fourth-order valence-corrected chi connectivity index (χ4v) is 1.59. The molecule has 84 valence electrons. The fourth-order valence-electron chi connectivity index (χ4n) is 1.59. The molecule has 0 fully saturated rings. The molecule has 0 amide bonds. The number of pyridine rings is 1. The Bertz CT molecular complexity index is 645. The van der Waals surface area contributed by atoms with E-state index in [4.69, 9.17) is 0 Å². The summed E-state index contributed by atoms with van der Waals surface area (Å²) in [6.45, 7) is 0. The lowest BCUT2D eigenvalue weighted by atomic mass is 10.3.